The summed E-state index contributed by atoms with van der Waals surface area (Å²) in [7, 11) is 1.71. The molecule has 1 heterocycles. The average molecular weight is 357 g/mol. The van der Waals surface area contributed by atoms with E-state index < -0.39 is 4.92 Å². The lowest BCUT2D eigenvalue weighted by atomic mass is 10.0. The van der Waals surface area contributed by atoms with Gasteiger partial charge >= 0.3 is 0 Å². The number of amides is 1. The van der Waals surface area contributed by atoms with Gasteiger partial charge in [-0.25, -0.2) is 0 Å². The van der Waals surface area contributed by atoms with Gasteiger partial charge in [-0.3, -0.25) is 14.9 Å². The van der Waals surface area contributed by atoms with Gasteiger partial charge < -0.3 is 9.64 Å². The third-order valence-corrected chi connectivity index (χ3v) is 4.22. The standard InChI is InChI=1S/C14H17BrN2O4/c1-16(8-10-3-2-6-21-9-10)14(18)12-7-11(17(19)20)4-5-13(12)15/h4-5,7,10H,2-3,6,8-9H2,1H3. The number of hydrogen-bond acceptors (Lipinski definition) is 4. The molecule has 1 saturated heterocycles. The third kappa shape index (κ3) is 4.01. The molecule has 0 aliphatic carbocycles. The predicted octanol–water partition coefficient (Wildman–Crippen LogP) is 2.86. The van der Waals surface area contributed by atoms with Crippen LogP contribution in [0.1, 0.15) is 23.2 Å². The lowest BCUT2D eigenvalue weighted by Gasteiger charge is -2.27. The molecule has 1 unspecified atom stereocenters. The first-order valence-corrected chi connectivity index (χ1v) is 7.55. The van der Waals surface area contributed by atoms with Crippen molar-refractivity contribution in [2.45, 2.75) is 12.8 Å². The minimum atomic E-state index is -0.502. The maximum Gasteiger partial charge on any atom is 0.270 e. The first-order valence-electron chi connectivity index (χ1n) is 6.76. The van der Waals surface area contributed by atoms with Crippen LogP contribution < -0.4 is 0 Å². The van der Waals surface area contributed by atoms with E-state index in [2.05, 4.69) is 15.9 Å². The Kier molecular flexibility index (Phi) is 5.30. The van der Waals surface area contributed by atoms with Crippen LogP contribution in [-0.4, -0.2) is 42.5 Å². The smallest absolute Gasteiger partial charge is 0.270 e. The Morgan fingerprint density at radius 2 is 2.33 bits per heavy atom. The van der Waals surface area contributed by atoms with Gasteiger partial charge in [0.1, 0.15) is 0 Å². The normalized spacial score (nSPS) is 18.3. The summed E-state index contributed by atoms with van der Waals surface area (Å²) in [5.41, 5.74) is 0.222. The highest BCUT2D eigenvalue weighted by Crippen LogP contribution is 2.24. The number of non-ortho nitro benzene ring substituents is 1. The fourth-order valence-electron chi connectivity index (χ4n) is 2.42. The highest BCUT2D eigenvalue weighted by atomic mass is 79.9. The van der Waals surface area contributed by atoms with Crippen molar-refractivity contribution in [3.63, 3.8) is 0 Å². The Balaban J connectivity index is 2.10. The number of hydrogen-bond donors (Lipinski definition) is 0. The van der Waals surface area contributed by atoms with E-state index in [1.807, 2.05) is 0 Å². The van der Waals surface area contributed by atoms with Gasteiger partial charge in [0.05, 0.1) is 17.1 Å². The second-order valence-electron chi connectivity index (χ2n) is 5.19. The number of benzene rings is 1. The molecule has 114 valence electrons. The third-order valence-electron chi connectivity index (χ3n) is 3.52. The zero-order valence-electron chi connectivity index (χ0n) is 11.8. The molecule has 0 saturated carbocycles. The molecule has 2 rings (SSSR count). The van der Waals surface area contributed by atoms with Crippen molar-refractivity contribution < 1.29 is 14.5 Å². The number of nitro benzene ring substituents is 1. The van der Waals surface area contributed by atoms with Gasteiger partial charge in [0, 0.05) is 36.8 Å². The lowest BCUT2D eigenvalue weighted by Crippen LogP contribution is -2.35. The Morgan fingerprint density at radius 3 is 2.95 bits per heavy atom. The van der Waals surface area contributed by atoms with Crippen molar-refractivity contribution in [3.8, 4) is 0 Å². The van der Waals surface area contributed by atoms with Crippen LogP contribution in [0, 0.1) is 16.0 Å². The van der Waals surface area contributed by atoms with Crippen molar-refractivity contribution in [3.05, 3.63) is 38.3 Å². The molecule has 1 aromatic carbocycles. The van der Waals surface area contributed by atoms with Gasteiger partial charge in [0.25, 0.3) is 11.6 Å². The van der Waals surface area contributed by atoms with E-state index in [-0.39, 0.29) is 11.6 Å². The summed E-state index contributed by atoms with van der Waals surface area (Å²) in [4.78, 5) is 24.4. The molecule has 1 fully saturated rings. The van der Waals surface area contributed by atoms with Crippen molar-refractivity contribution in [2.24, 2.45) is 5.92 Å². The molecule has 0 aromatic heterocycles. The van der Waals surface area contributed by atoms with E-state index in [9.17, 15) is 14.9 Å². The van der Waals surface area contributed by atoms with Crippen LogP contribution in [0.4, 0.5) is 5.69 Å². The average Bonchev–Trinajstić information content (AvgIpc) is 2.47. The van der Waals surface area contributed by atoms with E-state index in [4.69, 9.17) is 4.74 Å². The quantitative estimate of drug-likeness (QED) is 0.614. The number of nitro groups is 1. The predicted molar refractivity (Wildman–Crippen MR) is 81.3 cm³/mol. The van der Waals surface area contributed by atoms with E-state index in [0.717, 1.165) is 19.4 Å². The van der Waals surface area contributed by atoms with Crippen LogP contribution in [0.2, 0.25) is 0 Å². The number of carbonyl (C=O) groups excluding carboxylic acids is 1. The molecule has 0 spiro atoms. The van der Waals surface area contributed by atoms with Gasteiger partial charge in [-0.1, -0.05) is 0 Å². The zero-order valence-corrected chi connectivity index (χ0v) is 13.3. The summed E-state index contributed by atoms with van der Waals surface area (Å²) in [6.07, 6.45) is 2.04. The zero-order chi connectivity index (χ0) is 15.4. The summed E-state index contributed by atoms with van der Waals surface area (Å²) in [5, 5.41) is 10.8. The van der Waals surface area contributed by atoms with Gasteiger partial charge in [-0.15, -0.1) is 0 Å². The number of nitrogens with zero attached hydrogens (tertiary/aromatic N) is 2. The molecule has 7 heteroatoms. The lowest BCUT2D eigenvalue weighted by molar-refractivity contribution is -0.384. The maximum atomic E-state index is 12.4. The number of ether oxygens (including phenoxy) is 1. The monoisotopic (exact) mass is 356 g/mol. The van der Waals surface area contributed by atoms with E-state index in [0.29, 0.717) is 29.1 Å². The SMILES string of the molecule is CN(CC1CCCOC1)C(=O)c1cc([N+](=O)[O-])ccc1Br. The Labute approximate surface area is 131 Å². The highest BCUT2D eigenvalue weighted by molar-refractivity contribution is 9.10. The molecule has 0 radical (unpaired) electrons. The number of rotatable bonds is 4. The molecule has 1 aromatic rings. The van der Waals surface area contributed by atoms with Crippen LogP contribution in [0.3, 0.4) is 0 Å². The molecule has 0 bridgehead atoms. The molecule has 1 aliphatic rings. The van der Waals surface area contributed by atoms with Crippen LogP contribution in [0.5, 0.6) is 0 Å². The number of carbonyl (C=O) groups is 1. The van der Waals surface area contributed by atoms with Gasteiger partial charge in [-0.05, 0) is 40.8 Å². The highest BCUT2D eigenvalue weighted by Gasteiger charge is 2.22. The van der Waals surface area contributed by atoms with Crippen molar-refractivity contribution in [1.29, 1.82) is 0 Å². The van der Waals surface area contributed by atoms with E-state index in [1.54, 1.807) is 11.9 Å². The van der Waals surface area contributed by atoms with Crippen LogP contribution >= 0.6 is 15.9 Å². The summed E-state index contributed by atoms with van der Waals surface area (Å²) in [5.74, 6) is 0.0984. The second kappa shape index (κ2) is 7.00. The first kappa shape index (κ1) is 15.9. The van der Waals surface area contributed by atoms with Gasteiger partial charge in [-0.2, -0.15) is 0 Å². The Morgan fingerprint density at radius 1 is 1.57 bits per heavy atom. The minimum absolute atomic E-state index is 0.0871. The van der Waals surface area contributed by atoms with Gasteiger partial charge in [0.2, 0.25) is 0 Å². The molecule has 1 aliphatic heterocycles. The van der Waals surface area contributed by atoms with E-state index >= 15 is 0 Å². The summed E-state index contributed by atoms with van der Waals surface area (Å²) in [6.45, 7) is 2.03. The van der Waals surface area contributed by atoms with Crippen LogP contribution in [0.25, 0.3) is 0 Å². The Hall–Kier alpha value is -1.47. The summed E-state index contributed by atoms with van der Waals surface area (Å²) in [6, 6.07) is 4.21. The maximum absolute atomic E-state index is 12.4. The largest absolute Gasteiger partial charge is 0.381 e. The molecule has 1 atom stereocenters. The fourth-order valence-corrected chi connectivity index (χ4v) is 2.83. The van der Waals surface area contributed by atoms with E-state index in [1.165, 1.54) is 18.2 Å². The fraction of sp³-hybridized carbons (Fsp3) is 0.500. The van der Waals surface area contributed by atoms with Crippen molar-refractivity contribution >= 4 is 27.5 Å². The minimum Gasteiger partial charge on any atom is -0.381 e. The first-order chi connectivity index (χ1) is 9.99. The molecular formula is C14H17BrN2O4. The molecule has 6 nitrogen and oxygen atoms in total. The number of halogens is 1. The molecular weight excluding hydrogens is 340 g/mol. The summed E-state index contributed by atoms with van der Waals surface area (Å²) < 4.78 is 5.97. The topological polar surface area (TPSA) is 72.7 Å². The van der Waals surface area contributed by atoms with Gasteiger partial charge in [0.15, 0.2) is 0 Å². The molecule has 0 N–H and O–H groups in total. The van der Waals surface area contributed by atoms with Crippen LogP contribution in [0.15, 0.2) is 22.7 Å². The molecule has 21 heavy (non-hydrogen) atoms. The van der Waals surface area contributed by atoms with Crippen molar-refractivity contribution in [2.75, 3.05) is 26.8 Å². The molecule has 1 amide bonds. The second-order valence-corrected chi connectivity index (χ2v) is 6.04. The Bertz CT molecular complexity index is 544. The summed E-state index contributed by atoms with van der Waals surface area (Å²) >= 11 is 3.28. The van der Waals surface area contributed by atoms with Crippen LogP contribution in [-0.2, 0) is 4.74 Å². The van der Waals surface area contributed by atoms with Crippen molar-refractivity contribution in [1.82, 2.24) is 4.90 Å².